The standard InChI is InChI=1S/C10H23B/c1-7-9(3,4)11-10(5,6)8-2/h11H,7-8H2,1-6H3. The van der Waals surface area contributed by atoms with Crippen LogP contribution in [-0.2, 0) is 0 Å². The zero-order valence-corrected chi connectivity index (χ0v) is 9.12. The molecular weight excluding hydrogens is 131 g/mol. The smallest absolute Gasteiger partial charge is 0.0668 e. The minimum absolute atomic E-state index is 0.527. The number of rotatable bonds is 4. The van der Waals surface area contributed by atoms with E-state index in [-0.39, 0.29) is 0 Å². The lowest BCUT2D eigenvalue weighted by atomic mass is 9.39. The van der Waals surface area contributed by atoms with Gasteiger partial charge in [0.15, 0.2) is 0 Å². The highest BCUT2D eigenvalue weighted by Crippen LogP contribution is 2.39. The molecule has 0 aliphatic carbocycles. The van der Waals surface area contributed by atoms with Gasteiger partial charge in [0.05, 0.1) is 0 Å². The molecule has 0 rings (SSSR count). The van der Waals surface area contributed by atoms with Crippen LogP contribution >= 0.6 is 0 Å². The molecule has 0 saturated heterocycles. The molecule has 0 radical (unpaired) electrons. The first-order valence-electron chi connectivity index (χ1n) is 4.83. The molecule has 0 aromatic carbocycles. The van der Waals surface area contributed by atoms with Crippen molar-refractivity contribution in [3.8, 4) is 0 Å². The lowest BCUT2D eigenvalue weighted by Gasteiger charge is -2.31. The van der Waals surface area contributed by atoms with Gasteiger partial charge in [-0.2, -0.15) is 0 Å². The summed E-state index contributed by atoms with van der Waals surface area (Å²) in [5.74, 6) is 0. The second-order valence-electron chi connectivity index (χ2n) is 5.21. The Morgan fingerprint density at radius 3 is 1.27 bits per heavy atom. The molecule has 0 unspecified atom stereocenters. The Balaban J connectivity index is 4.02. The highest BCUT2D eigenvalue weighted by atomic mass is 14.2. The summed E-state index contributed by atoms with van der Waals surface area (Å²) in [7, 11) is 1.34. The normalized spacial score (nSPS) is 13.3. The van der Waals surface area contributed by atoms with E-state index in [9.17, 15) is 0 Å². The molecule has 1 heteroatoms. The summed E-state index contributed by atoms with van der Waals surface area (Å²) in [5, 5.41) is 1.05. The predicted octanol–water partition coefficient (Wildman–Crippen LogP) is 3.64. The molecule has 0 aromatic rings. The molecule has 66 valence electrons. The Morgan fingerprint density at radius 1 is 0.818 bits per heavy atom. The summed E-state index contributed by atoms with van der Waals surface area (Å²) in [6.45, 7) is 14.0. The van der Waals surface area contributed by atoms with Gasteiger partial charge in [0.25, 0.3) is 0 Å². The zero-order valence-electron chi connectivity index (χ0n) is 9.12. The molecular formula is C10H23B. The van der Waals surface area contributed by atoms with Crippen LogP contribution in [0.25, 0.3) is 0 Å². The number of hydrogen-bond acceptors (Lipinski definition) is 0. The largest absolute Gasteiger partial charge is 0.133 e. The highest BCUT2D eigenvalue weighted by Gasteiger charge is 2.27. The molecule has 0 heterocycles. The van der Waals surface area contributed by atoms with E-state index < -0.39 is 0 Å². The molecule has 0 fully saturated rings. The summed E-state index contributed by atoms with van der Waals surface area (Å²) >= 11 is 0. The molecule has 0 amide bonds. The van der Waals surface area contributed by atoms with Crippen LogP contribution in [-0.4, -0.2) is 7.28 Å². The molecule has 0 spiro atoms. The lowest BCUT2D eigenvalue weighted by molar-refractivity contribution is 0.570. The molecule has 0 aliphatic rings. The Hall–Kier alpha value is 0.0649. The summed E-state index contributed by atoms with van der Waals surface area (Å²) in [5.41, 5.74) is 0. The van der Waals surface area contributed by atoms with Crippen LogP contribution < -0.4 is 0 Å². The van der Waals surface area contributed by atoms with Gasteiger partial charge in [-0.25, -0.2) is 0 Å². The summed E-state index contributed by atoms with van der Waals surface area (Å²) < 4.78 is 0. The van der Waals surface area contributed by atoms with Gasteiger partial charge in [0.1, 0.15) is 7.28 Å². The second kappa shape index (κ2) is 3.64. The maximum Gasteiger partial charge on any atom is 0.133 e. The van der Waals surface area contributed by atoms with Gasteiger partial charge < -0.3 is 0 Å². The van der Waals surface area contributed by atoms with Gasteiger partial charge in [-0.05, 0) is 0 Å². The maximum atomic E-state index is 2.37. The van der Waals surface area contributed by atoms with Crippen molar-refractivity contribution >= 4 is 7.28 Å². The SMILES string of the molecule is CCC(C)(C)BC(C)(C)CC. The first-order valence-corrected chi connectivity index (χ1v) is 4.83. The first kappa shape index (κ1) is 11.1. The quantitative estimate of drug-likeness (QED) is 0.542. The van der Waals surface area contributed by atoms with Crippen molar-refractivity contribution in [1.82, 2.24) is 0 Å². The maximum absolute atomic E-state index is 2.37. The van der Waals surface area contributed by atoms with Crippen molar-refractivity contribution in [1.29, 1.82) is 0 Å². The van der Waals surface area contributed by atoms with Crippen LogP contribution in [0.1, 0.15) is 54.4 Å². The molecule has 0 aliphatic heterocycles. The molecule has 0 saturated carbocycles. The third kappa shape index (κ3) is 4.50. The van der Waals surface area contributed by atoms with Crippen molar-refractivity contribution in [3.63, 3.8) is 0 Å². The van der Waals surface area contributed by atoms with E-state index in [0.717, 1.165) is 0 Å². The average Bonchev–Trinajstić information content (AvgIpc) is 1.86. The predicted molar refractivity (Wildman–Crippen MR) is 55.8 cm³/mol. The van der Waals surface area contributed by atoms with Crippen LogP contribution in [0.4, 0.5) is 0 Å². The summed E-state index contributed by atoms with van der Waals surface area (Å²) in [6.07, 6.45) is 2.58. The van der Waals surface area contributed by atoms with Crippen molar-refractivity contribution in [2.24, 2.45) is 0 Å². The van der Waals surface area contributed by atoms with Gasteiger partial charge in [0.2, 0.25) is 0 Å². The van der Waals surface area contributed by atoms with Gasteiger partial charge >= 0.3 is 0 Å². The Morgan fingerprint density at radius 2 is 1.09 bits per heavy atom. The summed E-state index contributed by atoms with van der Waals surface area (Å²) in [4.78, 5) is 0. The Kier molecular flexibility index (Phi) is 3.67. The van der Waals surface area contributed by atoms with Crippen LogP contribution in [0, 0.1) is 0 Å². The van der Waals surface area contributed by atoms with Crippen molar-refractivity contribution in [2.45, 2.75) is 65.0 Å². The minimum Gasteiger partial charge on any atom is -0.0668 e. The van der Waals surface area contributed by atoms with Crippen LogP contribution in [0.3, 0.4) is 0 Å². The van der Waals surface area contributed by atoms with Crippen molar-refractivity contribution in [2.75, 3.05) is 0 Å². The molecule has 0 nitrogen and oxygen atoms in total. The Bertz CT molecular complexity index is 100. The second-order valence-corrected chi connectivity index (χ2v) is 5.21. The lowest BCUT2D eigenvalue weighted by Crippen LogP contribution is -2.22. The van der Waals surface area contributed by atoms with E-state index in [4.69, 9.17) is 0 Å². The Labute approximate surface area is 73.0 Å². The van der Waals surface area contributed by atoms with Crippen LogP contribution in [0.5, 0.6) is 0 Å². The van der Waals surface area contributed by atoms with Gasteiger partial charge in [-0.3, -0.25) is 0 Å². The fourth-order valence-corrected chi connectivity index (χ4v) is 1.55. The van der Waals surface area contributed by atoms with Crippen LogP contribution in [0.15, 0.2) is 0 Å². The fourth-order valence-electron chi connectivity index (χ4n) is 1.55. The fraction of sp³-hybridized carbons (Fsp3) is 1.00. The molecule has 0 bridgehead atoms. The average molecular weight is 154 g/mol. The third-order valence-corrected chi connectivity index (χ3v) is 2.87. The molecule has 0 aromatic heterocycles. The molecule has 0 N–H and O–H groups in total. The van der Waals surface area contributed by atoms with E-state index in [1.807, 2.05) is 0 Å². The van der Waals surface area contributed by atoms with Crippen molar-refractivity contribution in [3.05, 3.63) is 0 Å². The van der Waals surface area contributed by atoms with E-state index in [1.165, 1.54) is 20.1 Å². The van der Waals surface area contributed by atoms with E-state index >= 15 is 0 Å². The summed E-state index contributed by atoms with van der Waals surface area (Å²) in [6, 6.07) is 0. The topological polar surface area (TPSA) is 0 Å². The molecule has 0 atom stereocenters. The van der Waals surface area contributed by atoms with Gasteiger partial charge in [-0.15, -0.1) is 0 Å². The van der Waals surface area contributed by atoms with Crippen molar-refractivity contribution < 1.29 is 0 Å². The van der Waals surface area contributed by atoms with Crippen LogP contribution in [0.2, 0.25) is 10.6 Å². The van der Waals surface area contributed by atoms with Gasteiger partial charge in [-0.1, -0.05) is 65.0 Å². The highest BCUT2D eigenvalue weighted by molar-refractivity contribution is 6.43. The van der Waals surface area contributed by atoms with E-state index in [1.54, 1.807) is 0 Å². The zero-order chi connectivity index (χ0) is 9.12. The molecule has 11 heavy (non-hydrogen) atoms. The number of hydrogen-bond donors (Lipinski definition) is 0. The first-order chi connectivity index (χ1) is 4.83. The van der Waals surface area contributed by atoms with E-state index in [2.05, 4.69) is 41.5 Å². The van der Waals surface area contributed by atoms with E-state index in [0.29, 0.717) is 10.6 Å². The monoisotopic (exact) mass is 154 g/mol. The third-order valence-electron chi connectivity index (χ3n) is 2.87. The minimum atomic E-state index is 0.527. The van der Waals surface area contributed by atoms with Gasteiger partial charge in [0, 0.05) is 0 Å².